The van der Waals surface area contributed by atoms with Crippen molar-refractivity contribution in [1.82, 2.24) is 4.98 Å². The molecule has 0 aliphatic carbocycles. The molecule has 0 saturated heterocycles. The van der Waals surface area contributed by atoms with Gasteiger partial charge in [-0.15, -0.1) is 0 Å². The van der Waals surface area contributed by atoms with Gasteiger partial charge < -0.3 is 9.84 Å². The molecule has 0 saturated carbocycles. The van der Waals surface area contributed by atoms with Crippen LogP contribution in [0.15, 0.2) is 48.7 Å². The molecule has 1 N–H and O–H groups in total. The molecule has 1 aromatic heterocycles. The Morgan fingerprint density at radius 2 is 1.88 bits per heavy atom. The molecule has 3 nitrogen and oxygen atoms in total. The van der Waals surface area contributed by atoms with Gasteiger partial charge in [-0.25, -0.2) is 0 Å². The minimum absolute atomic E-state index is 0.148. The number of ether oxygens (including phenoxy) is 1. The Morgan fingerprint density at radius 1 is 1.06 bits per heavy atom. The Morgan fingerprint density at radius 3 is 2.53 bits per heavy atom. The molecule has 0 aliphatic heterocycles. The summed E-state index contributed by atoms with van der Waals surface area (Å²) in [6, 6.07) is 13.8. The molecular weight excluding hydrogens is 214 g/mol. The van der Waals surface area contributed by atoms with Crippen molar-refractivity contribution in [2.45, 2.75) is 6.42 Å². The topological polar surface area (TPSA) is 42.4 Å². The van der Waals surface area contributed by atoms with Crippen molar-refractivity contribution in [3.63, 3.8) is 0 Å². The molecule has 0 radical (unpaired) electrons. The average Bonchev–Trinajstić information content (AvgIpc) is 2.41. The highest BCUT2D eigenvalue weighted by molar-refractivity contribution is 5.58. The lowest BCUT2D eigenvalue weighted by molar-refractivity contribution is 0.233. The standard InChI is InChI=1S/C14H15NO2/c16-9-4-10-17-13-7-8-14(15-11-13)12-5-2-1-3-6-12/h1-3,5-8,11,16H,4,9-10H2. The number of benzene rings is 1. The summed E-state index contributed by atoms with van der Waals surface area (Å²) < 4.78 is 5.41. The molecule has 0 amide bonds. The summed E-state index contributed by atoms with van der Waals surface area (Å²) in [4.78, 5) is 4.34. The molecule has 2 aromatic rings. The van der Waals surface area contributed by atoms with E-state index in [2.05, 4.69) is 4.98 Å². The van der Waals surface area contributed by atoms with Crippen LogP contribution >= 0.6 is 0 Å². The molecule has 17 heavy (non-hydrogen) atoms. The number of nitrogens with zero attached hydrogens (tertiary/aromatic N) is 1. The molecule has 88 valence electrons. The Bertz CT molecular complexity index is 440. The summed E-state index contributed by atoms with van der Waals surface area (Å²) in [5, 5.41) is 8.64. The van der Waals surface area contributed by atoms with Crippen LogP contribution < -0.4 is 4.74 Å². The molecule has 1 aromatic carbocycles. The zero-order valence-electron chi connectivity index (χ0n) is 9.54. The summed E-state index contributed by atoms with van der Waals surface area (Å²) >= 11 is 0. The monoisotopic (exact) mass is 229 g/mol. The number of hydrogen-bond donors (Lipinski definition) is 1. The number of aliphatic hydroxyl groups is 1. The van der Waals surface area contributed by atoms with E-state index in [1.807, 2.05) is 42.5 Å². The lowest BCUT2D eigenvalue weighted by atomic mass is 10.1. The van der Waals surface area contributed by atoms with E-state index in [4.69, 9.17) is 9.84 Å². The number of pyridine rings is 1. The summed E-state index contributed by atoms with van der Waals surface area (Å²) in [6.45, 7) is 0.665. The fourth-order valence-corrected chi connectivity index (χ4v) is 1.50. The quantitative estimate of drug-likeness (QED) is 0.801. The normalized spacial score (nSPS) is 10.2. The van der Waals surface area contributed by atoms with Gasteiger partial charge in [0.05, 0.1) is 18.5 Å². The first kappa shape index (κ1) is 11.6. The lowest BCUT2D eigenvalue weighted by Gasteiger charge is -2.05. The van der Waals surface area contributed by atoms with Crippen LogP contribution in [-0.4, -0.2) is 23.3 Å². The van der Waals surface area contributed by atoms with E-state index in [1.165, 1.54) is 0 Å². The zero-order valence-corrected chi connectivity index (χ0v) is 9.54. The van der Waals surface area contributed by atoms with Gasteiger partial charge in [-0.05, 0) is 12.1 Å². The molecule has 0 fully saturated rings. The molecule has 0 aliphatic rings. The third kappa shape index (κ3) is 3.29. The van der Waals surface area contributed by atoms with Crippen molar-refractivity contribution in [3.8, 4) is 17.0 Å². The maximum atomic E-state index is 8.64. The van der Waals surface area contributed by atoms with Crippen molar-refractivity contribution in [2.24, 2.45) is 0 Å². The van der Waals surface area contributed by atoms with E-state index in [1.54, 1.807) is 6.20 Å². The average molecular weight is 229 g/mol. The van der Waals surface area contributed by atoms with Crippen LogP contribution in [0.5, 0.6) is 5.75 Å². The Balaban J connectivity index is 2.03. The van der Waals surface area contributed by atoms with Crippen LogP contribution in [0.1, 0.15) is 6.42 Å². The molecule has 2 rings (SSSR count). The Kier molecular flexibility index (Phi) is 4.11. The van der Waals surface area contributed by atoms with Gasteiger partial charge in [0.1, 0.15) is 5.75 Å². The van der Waals surface area contributed by atoms with E-state index in [9.17, 15) is 0 Å². The third-order valence-electron chi connectivity index (χ3n) is 2.38. The molecule has 0 atom stereocenters. The third-order valence-corrected chi connectivity index (χ3v) is 2.38. The van der Waals surface area contributed by atoms with Crippen LogP contribution in [0, 0.1) is 0 Å². The molecule has 1 heterocycles. The number of aliphatic hydroxyl groups excluding tert-OH is 1. The highest BCUT2D eigenvalue weighted by atomic mass is 16.5. The second-order valence-corrected chi connectivity index (χ2v) is 3.67. The highest BCUT2D eigenvalue weighted by Crippen LogP contribution is 2.18. The SMILES string of the molecule is OCCCOc1ccc(-c2ccccc2)nc1. The van der Waals surface area contributed by atoms with Crippen molar-refractivity contribution in [1.29, 1.82) is 0 Å². The minimum Gasteiger partial charge on any atom is -0.492 e. The number of aromatic nitrogens is 1. The lowest BCUT2D eigenvalue weighted by Crippen LogP contribution is -1.99. The van der Waals surface area contributed by atoms with Crippen LogP contribution in [0.4, 0.5) is 0 Å². The predicted molar refractivity (Wildman–Crippen MR) is 66.9 cm³/mol. The largest absolute Gasteiger partial charge is 0.492 e. The van der Waals surface area contributed by atoms with E-state index in [-0.39, 0.29) is 6.61 Å². The van der Waals surface area contributed by atoms with E-state index in [0.717, 1.165) is 17.0 Å². The summed E-state index contributed by atoms with van der Waals surface area (Å²) in [5.41, 5.74) is 2.02. The van der Waals surface area contributed by atoms with E-state index >= 15 is 0 Å². The molecule has 3 heteroatoms. The summed E-state index contributed by atoms with van der Waals surface area (Å²) in [5.74, 6) is 0.734. The van der Waals surface area contributed by atoms with E-state index < -0.39 is 0 Å². The van der Waals surface area contributed by atoms with Gasteiger partial charge >= 0.3 is 0 Å². The van der Waals surface area contributed by atoms with Crippen molar-refractivity contribution >= 4 is 0 Å². The molecule has 0 spiro atoms. The second-order valence-electron chi connectivity index (χ2n) is 3.67. The highest BCUT2D eigenvalue weighted by Gasteiger charge is 1.99. The van der Waals surface area contributed by atoms with Crippen LogP contribution in [-0.2, 0) is 0 Å². The first-order chi connectivity index (χ1) is 8.40. The van der Waals surface area contributed by atoms with Gasteiger partial charge in [-0.2, -0.15) is 0 Å². The van der Waals surface area contributed by atoms with E-state index in [0.29, 0.717) is 13.0 Å². The second kappa shape index (κ2) is 6.01. The zero-order chi connectivity index (χ0) is 11.9. The Labute approximate surface area is 101 Å². The number of rotatable bonds is 5. The fourth-order valence-electron chi connectivity index (χ4n) is 1.50. The van der Waals surface area contributed by atoms with Crippen molar-refractivity contribution in [2.75, 3.05) is 13.2 Å². The van der Waals surface area contributed by atoms with Gasteiger partial charge in [-0.1, -0.05) is 30.3 Å². The summed E-state index contributed by atoms with van der Waals surface area (Å²) in [7, 11) is 0. The van der Waals surface area contributed by atoms with Gasteiger partial charge in [0.25, 0.3) is 0 Å². The maximum Gasteiger partial charge on any atom is 0.137 e. The van der Waals surface area contributed by atoms with Gasteiger partial charge in [0, 0.05) is 18.6 Å². The minimum atomic E-state index is 0.148. The van der Waals surface area contributed by atoms with Crippen LogP contribution in [0.2, 0.25) is 0 Å². The van der Waals surface area contributed by atoms with Gasteiger partial charge in [0.2, 0.25) is 0 Å². The molecular formula is C14H15NO2. The van der Waals surface area contributed by atoms with Crippen molar-refractivity contribution in [3.05, 3.63) is 48.7 Å². The first-order valence-electron chi connectivity index (χ1n) is 5.65. The van der Waals surface area contributed by atoms with Crippen LogP contribution in [0.3, 0.4) is 0 Å². The predicted octanol–water partition coefficient (Wildman–Crippen LogP) is 2.51. The smallest absolute Gasteiger partial charge is 0.137 e. The van der Waals surface area contributed by atoms with Crippen LogP contribution in [0.25, 0.3) is 11.3 Å². The van der Waals surface area contributed by atoms with Gasteiger partial charge in [0.15, 0.2) is 0 Å². The molecule has 0 bridgehead atoms. The molecule has 0 unspecified atom stereocenters. The maximum absolute atomic E-state index is 8.64. The summed E-state index contributed by atoms with van der Waals surface area (Å²) in [6.07, 6.45) is 2.35. The first-order valence-corrected chi connectivity index (χ1v) is 5.65. The fraction of sp³-hybridized carbons (Fsp3) is 0.214. The Hall–Kier alpha value is -1.87. The van der Waals surface area contributed by atoms with Crippen molar-refractivity contribution < 1.29 is 9.84 Å². The van der Waals surface area contributed by atoms with Gasteiger partial charge in [-0.3, -0.25) is 4.98 Å². The number of hydrogen-bond acceptors (Lipinski definition) is 3.